The first-order valence-corrected chi connectivity index (χ1v) is 6.11. The van der Waals surface area contributed by atoms with Gasteiger partial charge in [0.15, 0.2) is 5.82 Å². The number of amides is 1. The largest absolute Gasteiger partial charge is 0.471 e. The molecule has 0 saturated heterocycles. The summed E-state index contributed by atoms with van der Waals surface area (Å²) in [6, 6.07) is 7.19. The Morgan fingerprint density at radius 3 is 2.67 bits per heavy atom. The number of hydrogen-bond acceptors (Lipinski definition) is 4. The van der Waals surface area contributed by atoms with E-state index in [4.69, 9.17) is 0 Å². The number of aromatic nitrogens is 2. The van der Waals surface area contributed by atoms with Gasteiger partial charge in [0.1, 0.15) is 0 Å². The van der Waals surface area contributed by atoms with Crippen molar-refractivity contribution in [3.8, 4) is 0 Å². The maximum absolute atomic E-state index is 12.3. The number of para-hydroxylation sites is 1. The number of aryl methyl sites for hydroxylation is 2. The normalized spacial score (nSPS) is 11.4. The highest BCUT2D eigenvalue weighted by molar-refractivity contribution is 5.91. The van der Waals surface area contributed by atoms with Crippen molar-refractivity contribution in [2.75, 3.05) is 5.32 Å². The van der Waals surface area contributed by atoms with Crippen molar-refractivity contribution in [1.82, 2.24) is 10.1 Å². The molecule has 1 amide bonds. The van der Waals surface area contributed by atoms with Crippen LogP contribution in [-0.2, 0) is 17.4 Å². The lowest BCUT2D eigenvalue weighted by atomic mass is 10.2. The van der Waals surface area contributed by atoms with Crippen LogP contribution in [0.4, 0.5) is 18.9 Å². The molecule has 1 aromatic carbocycles. The van der Waals surface area contributed by atoms with Gasteiger partial charge in [0.25, 0.3) is 0 Å². The van der Waals surface area contributed by atoms with E-state index < -0.39 is 12.1 Å². The molecule has 21 heavy (non-hydrogen) atoms. The fourth-order valence-corrected chi connectivity index (χ4v) is 1.62. The number of nitrogens with zero attached hydrogens (tertiary/aromatic N) is 2. The number of carbonyl (C=O) groups excluding carboxylic acids is 1. The molecule has 0 aliphatic rings. The smallest absolute Gasteiger partial charge is 0.329 e. The van der Waals surface area contributed by atoms with Gasteiger partial charge in [-0.3, -0.25) is 4.79 Å². The number of nitrogens with one attached hydrogen (secondary N) is 1. The summed E-state index contributed by atoms with van der Waals surface area (Å²) in [4.78, 5) is 14.9. The summed E-state index contributed by atoms with van der Waals surface area (Å²) in [6.45, 7) is 1.84. The van der Waals surface area contributed by atoms with Crippen LogP contribution >= 0.6 is 0 Å². The molecule has 0 radical (unpaired) electrons. The van der Waals surface area contributed by atoms with Gasteiger partial charge in [-0.15, -0.1) is 0 Å². The number of benzene rings is 1. The van der Waals surface area contributed by atoms with Crippen LogP contribution in [-0.4, -0.2) is 16.0 Å². The van der Waals surface area contributed by atoms with E-state index in [1.807, 2.05) is 19.1 Å². The average Bonchev–Trinajstić information content (AvgIpc) is 2.88. The van der Waals surface area contributed by atoms with Crippen LogP contribution in [0.3, 0.4) is 0 Å². The fourth-order valence-electron chi connectivity index (χ4n) is 1.62. The molecule has 0 aliphatic heterocycles. The van der Waals surface area contributed by atoms with Crippen molar-refractivity contribution >= 4 is 11.6 Å². The zero-order valence-electron chi connectivity index (χ0n) is 11.1. The molecular formula is C13H12F3N3O2. The fraction of sp³-hybridized carbons (Fsp3) is 0.308. The van der Waals surface area contributed by atoms with Crippen molar-refractivity contribution in [2.45, 2.75) is 25.9 Å². The third kappa shape index (κ3) is 4.04. The molecule has 0 unspecified atom stereocenters. The lowest BCUT2D eigenvalue weighted by molar-refractivity contribution is -0.159. The van der Waals surface area contributed by atoms with E-state index in [0.29, 0.717) is 5.69 Å². The number of halogens is 3. The van der Waals surface area contributed by atoms with E-state index >= 15 is 0 Å². The first kappa shape index (κ1) is 15.0. The molecule has 0 bridgehead atoms. The van der Waals surface area contributed by atoms with Gasteiger partial charge in [0.05, 0.1) is 0 Å². The predicted molar refractivity (Wildman–Crippen MR) is 67.4 cm³/mol. The number of rotatable bonds is 4. The molecule has 0 spiro atoms. The first-order valence-electron chi connectivity index (χ1n) is 6.11. The second-order valence-electron chi connectivity index (χ2n) is 4.38. The molecule has 8 heteroatoms. The SMILES string of the molecule is Cc1ccccc1NC(=O)CCc1noc(C(F)(F)F)n1. The van der Waals surface area contributed by atoms with Gasteiger partial charge < -0.3 is 9.84 Å². The Balaban J connectivity index is 1.90. The molecule has 1 aromatic heterocycles. The molecule has 0 aliphatic carbocycles. The van der Waals surface area contributed by atoms with Crippen molar-refractivity contribution < 1.29 is 22.5 Å². The van der Waals surface area contributed by atoms with Crippen LogP contribution in [0, 0.1) is 6.92 Å². The van der Waals surface area contributed by atoms with Gasteiger partial charge >= 0.3 is 12.1 Å². The number of anilines is 1. The van der Waals surface area contributed by atoms with E-state index in [1.54, 1.807) is 12.1 Å². The minimum absolute atomic E-state index is 0.0305. The Hall–Kier alpha value is -2.38. The Bertz CT molecular complexity index is 638. The van der Waals surface area contributed by atoms with E-state index in [1.165, 1.54) is 0 Å². The van der Waals surface area contributed by atoms with Crippen LogP contribution in [0.5, 0.6) is 0 Å². The maximum Gasteiger partial charge on any atom is 0.471 e. The molecule has 0 atom stereocenters. The van der Waals surface area contributed by atoms with Crippen molar-refractivity contribution in [3.63, 3.8) is 0 Å². The van der Waals surface area contributed by atoms with Crippen LogP contribution < -0.4 is 5.32 Å². The van der Waals surface area contributed by atoms with Gasteiger partial charge in [-0.2, -0.15) is 18.2 Å². The van der Waals surface area contributed by atoms with E-state index in [9.17, 15) is 18.0 Å². The van der Waals surface area contributed by atoms with E-state index in [0.717, 1.165) is 5.56 Å². The van der Waals surface area contributed by atoms with Crippen molar-refractivity contribution in [3.05, 3.63) is 41.5 Å². The minimum Gasteiger partial charge on any atom is -0.329 e. The quantitative estimate of drug-likeness (QED) is 0.942. The Labute approximate surface area is 118 Å². The van der Waals surface area contributed by atoms with E-state index in [2.05, 4.69) is 20.0 Å². The van der Waals surface area contributed by atoms with Gasteiger partial charge in [-0.05, 0) is 18.6 Å². The highest BCUT2D eigenvalue weighted by Gasteiger charge is 2.38. The van der Waals surface area contributed by atoms with Crippen molar-refractivity contribution in [2.24, 2.45) is 0 Å². The maximum atomic E-state index is 12.3. The molecule has 2 rings (SSSR count). The molecule has 0 saturated carbocycles. The topological polar surface area (TPSA) is 68.0 Å². The Morgan fingerprint density at radius 1 is 1.33 bits per heavy atom. The second kappa shape index (κ2) is 5.94. The molecule has 5 nitrogen and oxygen atoms in total. The second-order valence-corrected chi connectivity index (χ2v) is 4.38. The molecular weight excluding hydrogens is 287 g/mol. The summed E-state index contributed by atoms with van der Waals surface area (Å²) in [5.41, 5.74) is 1.55. The predicted octanol–water partition coefficient (Wildman–Crippen LogP) is 2.97. The first-order chi connectivity index (χ1) is 9.86. The zero-order chi connectivity index (χ0) is 15.5. The summed E-state index contributed by atoms with van der Waals surface area (Å²) in [5.74, 6) is -1.89. The minimum atomic E-state index is -4.67. The summed E-state index contributed by atoms with van der Waals surface area (Å²) in [7, 11) is 0. The molecule has 2 aromatic rings. The molecule has 1 heterocycles. The van der Waals surface area contributed by atoms with Gasteiger partial charge in [0.2, 0.25) is 5.91 Å². The lowest BCUT2D eigenvalue weighted by Gasteiger charge is -2.06. The van der Waals surface area contributed by atoms with E-state index in [-0.39, 0.29) is 24.6 Å². The monoisotopic (exact) mass is 299 g/mol. The third-order valence-electron chi connectivity index (χ3n) is 2.71. The molecule has 0 fully saturated rings. The van der Waals surface area contributed by atoms with Crippen LogP contribution in [0.15, 0.2) is 28.8 Å². The van der Waals surface area contributed by atoms with Gasteiger partial charge in [0, 0.05) is 18.5 Å². The van der Waals surface area contributed by atoms with Gasteiger partial charge in [-0.1, -0.05) is 23.4 Å². The summed E-state index contributed by atoms with van der Waals surface area (Å²) >= 11 is 0. The van der Waals surface area contributed by atoms with Crippen LogP contribution in [0.1, 0.15) is 23.7 Å². The van der Waals surface area contributed by atoms with Crippen molar-refractivity contribution in [1.29, 1.82) is 0 Å². The van der Waals surface area contributed by atoms with Crippen LogP contribution in [0.2, 0.25) is 0 Å². The highest BCUT2D eigenvalue weighted by atomic mass is 19.4. The van der Waals surface area contributed by atoms with Crippen LogP contribution in [0.25, 0.3) is 0 Å². The number of alkyl halides is 3. The number of carbonyl (C=O) groups is 1. The standard InChI is InChI=1S/C13H12F3N3O2/c1-8-4-2-3-5-9(8)17-11(20)7-6-10-18-12(21-19-10)13(14,15)16/h2-5H,6-7H2,1H3,(H,17,20). The lowest BCUT2D eigenvalue weighted by Crippen LogP contribution is -2.13. The van der Waals surface area contributed by atoms with Gasteiger partial charge in [-0.25, -0.2) is 0 Å². The average molecular weight is 299 g/mol. The highest BCUT2D eigenvalue weighted by Crippen LogP contribution is 2.27. The Morgan fingerprint density at radius 2 is 2.05 bits per heavy atom. The number of hydrogen-bond donors (Lipinski definition) is 1. The summed E-state index contributed by atoms with van der Waals surface area (Å²) < 4.78 is 40.9. The molecule has 112 valence electrons. The summed E-state index contributed by atoms with van der Waals surface area (Å²) in [5, 5.41) is 5.86. The molecule has 1 N–H and O–H groups in total. The zero-order valence-corrected chi connectivity index (χ0v) is 11.1. The summed E-state index contributed by atoms with van der Waals surface area (Å²) in [6.07, 6.45) is -4.74. The third-order valence-corrected chi connectivity index (χ3v) is 2.71. The Kier molecular flexibility index (Phi) is 4.25.